The summed E-state index contributed by atoms with van der Waals surface area (Å²) in [6.07, 6.45) is 0.485. The lowest BCUT2D eigenvalue weighted by Gasteiger charge is -2.36. The average Bonchev–Trinajstić information content (AvgIpc) is 2.97. The molecule has 0 saturated heterocycles. The van der Waals surface area contributed by atoms with Crippen LogP contribution < -0.4 is 0 Å². The van der Waals surface area contributed by atoms with E-state index in [9.17, 15) is 13.2 Å². The van der Waals surface area contributed by atoms with Crippen molar-refractivity contribution in [1.82, 2.24) is 19.0 Å². The van der Waals surface area contributed by atoms with Crippen molar-refractivity contribution in [2.45, 2.75) is 51.6 Å². The number of nitrogens with zero attached hydrogens (tertiary/aromatic N) is 4. The third kappa shape index (κ3) is 9.13. The van der Waals surface area contributed by atoms with Gasteiger partial charge in [-0.3, -0.25) is 4.79 Å². The molecule has 1 amide bonds. The SMILES string of the molecule is CCN(CC)CCN(CCN(CC)CC)C(=O)COCC1Cc2ccccc2CN1S(=O)(=O)c1ccc(Cl)c(Cl)c1. The second kappa shape index (κ2) is 16.2. The molecular formula is C30H44Cl2N4O4S. The number of carbonyl (C=O) groups is 1. The number of halogens is 2. The molecule has 0 spiro atoms. The molecule has 1 aliphatic heterocycles. The molecule has 11 heteroatoms. The highest BCUT2D eigenvalue weighted by molar-refractivity contribution is 7.89. The molecule has 8 nitrogen and oxygen atoms in total. The van der Waals surface area contributed by atoms with E-state index in [0.29, 0.717) is 24.5 Å². The number of hydrogen-bond donors (Lipinski definition) is 0. The maximum atomic E-state index is 13.8. The lowest BCUT2D eigenvalue weighted by molar-refractivity contribution is -0.137. The van der Waals surface area contributed by atoms with Gasteiger partial charge in [0.15, 0.2) is 0 Å². The Bertz CT molecular complexity index is 1220. The molecule has 0 aliphatic carbocycles. The monoisotopic (exact) mass is 626 g/mol. The van der Waals surface area contributed by atoms with Crippen molar-refractivity contribution in [3.63, 3.8) is 0 Å². The van der Waals surface area contributed by atoms with E-state index in [1.807, 2.05) is 29.2 Å². The van der Waals surface area contributed by atoms with Gasteiger partial charge in [0.05, 0.1) is 27.6 Å². The van der Waals surface area contributed by atoms with Gasteiger partial charge in [-0.2, -0.15) is 4.31 Å². The molecule has 0 N–H and O–H groups in total. The molecule has 1 aliphatic rings. The van der Waals surface area contributed by atoms with Crippen molar-refractivity contribution in [2.24, 2.45) is 0 Å². The highest BCUT2D eigenvalue weighted by Gasteiger charge is 2.36. The van der Waals surface area contributed by atoms with Crippen LogP contribution in [0.1, 0.15) is 38.8 Å². The number of hydrogen-bond acceptors (Lipinski definition) is 6. The Balaban J connectivity index is 1.73. The van der Waals surface area contributed by atoms with Crippen molar-refractivity contribution >= 4 is 39.1 Å². The third-order valence-corrected chi connectivity index (χ3v) is 10.5. The molecule has 1 atom stereocenters. The quantitative estimate of drug-likeness (QED) is 0.270. The van der Waals surface area contributed by atoms with Gasteiger partial charge in [0.25, 0.3) is 0 Å². The van der Waals surface area contributed by atoms with E-state index in [-0.39, 0.29) is 35.6 Å². The van der Waals surface area contributed by atoms with E-state index in [0.717, 1.165) is 50.4 Å². The number of ether oxygens (including phenoxy) is 1. The van der Waals surface area contributed by atoms with E-state index in [4.69, 9.17) is 27.9 Å². The topological polar surface area (TPSA) is 73.4 Å². The number of rotatable bonds is 16. The van der Waals surface area contributed by atoms with Crippen LogP contribution in [0, 0.1) is 0 Å². The first-order chi connectivity index (χ1) is 19.6. The number of benzene rings is 2. The van der Waals surface area contributed by atoms with Gasteiger partial charge in [-0.15, -0.1) is 0 Å². The maximum Gasteiger partial charge on any atom is 0.248 e. The smallest absolute Gasteiger partial charge is 0.248 e. The van der Waals surface area contributed by atoms with Crippen molar-refractivity contribution in [3.8, 4) is 0 Å². The van der Waals surface area contributed by atoms with Gasteiger partial charge >= 0.3 is 0 Å². The minimum atomic E-state index is -3.90. The minimum absolute atomic E-state index is 0.0753. The summed E-state index contributed by atoms with van der Waals surface area (Å²) in [5.74, 6) is -0.0839. The predicted octanol–water partition coefficient (Wildman–Crippen LogP) is 4.64. The molecular weight excluding hydrogens is 583 g/mol. The molecule has 0 saturated carbocycles. The van der Waals surface area contributed by atoms with Gasteiger partial charge in [0.1, 0.15) is 6.61 Å². The van der Waals surface area contributed by atoms with E-state index >= 15 is 0 Å². The van der Waals surface area contributed by atoms with Gasteiger partial charge < -0.3 is 19.4 Å². The molecule has 2 aromatic carbocycles. The zero-order valence-corrected chi connectivity index (χ0v) is 27.0. The van der Waals surface area contributed by atoms with E-state index in [1.54, 1.807) is 0 Å². The molecule has 228 valence electrons. The van der Waals surface area contributed by atoms with Crippen molar-refractivity contribution < 1.29 is 17.9 Å². The summed E-state index contributed by atoms with van der Waals surface area (Å²) in [5.41, 5.74) is 2.02. The number of amides is 1. The molecule has 0 bridgehead atoms. The first-order valence-corrected chi connectivity index (χ1v) is 16.7. The standard InChI is InChI=1S/C30H44Cl2N4O4S/c1-5-33(6-2)15-17-35(18-16-34(7-3)8-4)30(37)23-40-22-26-19-24-11-9-10-12-25(24)21-36(26)41(38,39)27-13-14-28(31)29(32)20-27/h9-14,20,26H,5-8,15-19,21-23H2,1-4H3. The summed E-state index contributed by atoms with van der Waals surface area (Å²) in [5, 5.41) is 0.470. The van der Waals surface area contributed by atoms with Gasteiger partial charge in [-0.1, -0.05) is 75.2 Å². The summed E-state index contributed by atoms with van der Waals surface area (Å²) in [7, 11) is -3.90. The first kappa shape index (κ1) is 33.8. The highest BCUT2D eigenvalue weighted by Crippen LogP contribution is 2.32. The Hall–Kier alpha value is -1.72. The summed E-state index contributed by atoms with van der Waals surface area (Å²) in [4.78, 5) is 19.9. The Morgan fingerprint density at radius 2 is 1.46 bits per heavy atom. The zero-order valence-electron chi connectivity index (χ0n) is 24.7. The Morgan fingerprint density at radius 3 is 2.02 bits per heavy atom. The lowest BCUT2D eigenvalue weighted by Crippen LogP contribution is -2.47. The van der Waals surface area contributed by atoms with Crippen LogP contribution in [0.25, 0.3) is 0 Å². The predicted molar refractivity (Wildman–Crippen MR) is 166 cm³/mol. The summed E-state index contributed by atoms with van der Waals surface area (Å²) in [6.45, 7) is 15.2. The number of likely N-dealkylation sites (N-methyl/N-ethyl adjacent to an activating group) is 2. The fraction of sp³-hybridized carbons (Fsp3) is 0.567. The maximum absolute atomic E-state index is 13.8. The Labute approximate surface area is 256 Å². The molecule has 2 aromatic rings. The largest absolute Gasteiger partial charge is 0.370 e. The van der Waals surface area contributed by atoms with Crippen molar-refractivity contribution in [1.29, 1.82) is 0 Å². The van der Waals surface area contributed by atoms with E-state index in [1.165, 1.54) is 22.5 Å². The summed E-state index contributed by atoms with van der Waals surface area (Å²) in [6, 6.07) is 11.7. The van der Waals surface area contributed by atoms with Crippen LogP contribution in [0.5, 0.6) is 0 Å². The van der Waals surface area contributed by atoms with Crippen molar-refractivity contribution in [3.05, 3.63) is 63.6 Å². The average molecular weight is 628 g/mol. The molecule has 0 radical (unpaired) electrons. The second-order valence-corrected chi connectivity index (χ2v) is 12.9. The first-order valence-electron chi connectivity index (χ1n) is 14.5. The van der Waals surface area contributed by atoms with Crippen LogP contribution in [0.2, 0.25) is 10.0 Å². The van der Waals surface area contributed by atoms with Gasteiger partial charge in [-0.25, -0.2) is 8.42 Å². The van der Waals surface area contributed by atoms with Gasteiger partial charge in [-0.05, 0) is 61.9 Å². The number of carbonyl (C=O) groups excluding carboxylic acids is 1. The molecule has 1 heterocycles. The van der Waals surface area contributed by atoms with Crippen LogP contribution in [0.15, 0.2) is 47.4 Å². The van der Waals surface area contributed by atoms with Crippen molar-refractivity contribution in [2.75, 3.05) is 65.6 Å². The molecule has 3 rings (SSSR count). The normalized spacial score (nSPS) is 15.9. The van der Waals surface area contributed by atoms with Gasteiger partial charge in [0, 0.05) is 32.7 Å². The Morgan fingerprint density at radius 1 is 0.878 bits per heavy atom. The van der Waals surface area contributed by atoms with Crippen LogP contribution in [0.3, 0.4) is 0 Å². The molecule has 0 aromatic heterocycles. The number of sulfonamides is 1. The Kier molecular flexibility index (Phi) is 13.4. The highest BCUT2D eigenvalue weighted by atomic mass is 35.5. The van der Waals surface area contributed by atoms with Gasteiger partial charge in [0.2, 0.25) is 15.9 Å². The zero-order chi connectivity index (χ0) is 30.0. The van der Waals surface area contributed by atoms with Crippen LogP contribution in [-0.4, -0.2) is 105 Å². The molecule has 41 heavy (non-hydrogen) atoms. The van der Waals surface area contributed by atoms with Crippen LogP contribution in [0.4, 0.5) is 0 Å². The molecule has 1 unspecified atom stereocenters. The molecule has 0 fully saturated rings. The van der Waals surface area contributed by atoms with E-state index < -0.39 is 16.1 Å². The lowest BCUT2D eigenvalue weighted by atomic mass is 9.96. The third-order valence-electron chi connectivity index (χ3n) is 7.85. The van der Waals surface area contributed by atoms with Crippen LogP contribution >= 0.6 is 23.2 Å². The minimum Gasteiger partial charge on any atom is -0.370 e. The second-order valence-electron chi connectivity index (χ2n) is 10.2. The summed E-state index contributed by atoms with van der Waals surface area (Å²) < 4.78 is 35.0. The van der Waals surface area contributed by atoms with E-state index in [2.05, 4.69) is 37.5 Å². The summed E-state index contributed by atoms with van der Waals surface area (Å²) >= 11 is 12.2. The van der Waals surface area contributed by atoms with Crippen LogP contribution in [-0.2, 0) is 32.5 Å². The fourth-order valence-corrected chi connectivity index (χ4v) is 7.08. The fourth-order valence-electron chi connectivity index (χ4n) is 5.10. The number of fused-ring (bicyclic) bond motifs is 1.